The molecule has 0 radical (unpaired) electrons. The third-order valence-electron chi connectivity index (χ3n) is 1.89. The van der Waals surface area contributed by atoms with Crippen LogP contribution in [-0.4, -0.2) is 22.0 Å². The van der Waals surface area contributed by atoms with Crippen LogP contribution in [0.2, 0.25) is 0 Å². The monoisotopic (exact) mass is 193 g/mol. The summed E-state index contributed by atoms with van der Waals surface area (Å²) in [5.74, 6) is 0.924. The van der Waals surface area contributed by atoms with E-state index in [0.717, 1.165) is 12.2 Å². The van der Waals surface area contributed by atoms with Crippen molar-refractivity contribution in [1.82, 2.24) is 14.9 Å². The van der Waals surface area contributed by atoms with Gasteiger partial charge in [0.05, 0.1) is 0 Å². The molecular weight excluding hydrogens is 178 g/mol. The van der Waals surface area contributed by atoms with E-state index in [0.29, 0.717) is 6.54 Å². The lowest BCUT2D eigenvalue weighted by atomic mass is 10.4. The van der Waals surface area contributed by atoms with E-state index in [-0.39, 0.29) is 5.91 Å². The fraction of sp³-hybridized carbons (Fsp3) is 0.400. The van der Waals surface area contributed by atoms with Crippen LogP contribution >= 0.6 is 0 Å². The lowest BCUT2D eigenvalue weighted by molar-refractivity contribution is -0.116. The number of allylic oxidation sites excluding steroid dienone is 1. The normalized spacial score (nSPS) is 10.7. The number of amides is 1. The van der Waals surface area contributed by atoms with Gasteiger partial charge >= 0.3 is 0 Å². The number of nitrogens with one attached hydrogen (secondary N) is 1. The molecule has 0 atom stereocenters. The third-order valence-corrected chi connectivity index (χ3v) is 1.89. The van der Waals surface area contributed by atoms with Gasteiger partial charge in [-0.2, -0.15) is 0 Å². The summed E-state index contributed by atoms with van der Waals surface area (Å²) in [6.07, 6.45) is 7.63. The summed E-state index contributed by atoms with van der Waals surface area (Å²) in [5.41, 5.74) is 0. The maximum Gasteiger partial charge on any atom is 0.243 e. The predicted octanol–water partition coefficient (Wildman–Crippen LogP) is 0.655. The highest BCUT2D eigenvalue weighted by molar-refractivity contribution is 5.87. The number of nitrogens with zero attached hydrogens (tertiary/aromatic N) is 2. The van der Waals surface area contributed by atoms with Gasteiger partial charge in [-0.25, -0.2) is 4.98 Å². The van der Waals surface area contributed by atoms with Crippen LogP contribution in [0.15, 0.2) is 24.5 Å². The fourth-order valence-electron chi connectivity index (χ4n) is 1.15. The van der Waals surface area contributed by atoms with Crippen molar-refractivity contribution < 1.29 is 4.79 Å². The predicted molar refractivity (Wildman–Crippen MR) is 54.7 cm³/mol. The number of carbonyl (C=O) groups excluding carboxylic acids is 1. The Morgan fingerprint density at radius 3 is 3.07 bits per heavy atom. The Kier molecular flexibility index (Phi) is 3.91. The molecule has 4 heteroatoms. The molecule has 0 aliphatic carbocycles. The molecule has 0 saturated heterocycles. The largest absolute Gasteiger partial charge is 0.352 e. The number of carbonyl (C=O) groups is 1. The van der Waals surface area contributed by atoms with Crippen molar-refractivity contribution in [3.63, 3.8) is 0 Å². The first kappa shape index (κ1) is 10.5. The van der Waals surface area contributed by atoms with E-state index in [1.54, 1.807) is 12.3 Å². The van der Waals surface area contributed by atoms with Gasteiger partial charge in [-0.3, -0.25) is 4.79 Å². The van der Waals surface area contributed by atoms with Crippen molar-refractivity contribution in [2.24, 2.45) is 7.05 Å². The molecule has 1 aromatic heterocycles. The van der Waals surface area contributed by atoms with Crippen LogP contribution in [0.4, 0.5) is 0 Å². The van der Waals surface area contributed by atoms with Crippen LogP contribution in [0.25, 0.3) is 0 Å². The minimum absolute atomic E-state index is 0.0540. The van der Waals surface area contributed by atoms with Crippen LogP contribution in [0.5, 0.6) is 0 Å². The quantitative estimate of drug-likeness (QED) is 0.714. The summed E-state index contributed by atoms with van der Waals surface area (Å²) < 4.78 is 1.95. The highest BCUT2D eigenvalue weighted by Gasteiger charge is 1.99. The second-order valence-corrected chi connectivity index (χ2v) is 3.00. The maximum atomic E-state index is 11.0. The van der Waals surface area contributed by atoms with Crippen LogP contribution in [0.1, 0.15) is 12.7 Å². The SMILES string of the molecule is CC=CC(=O)NCCc1nccn1C. The van der Waals surface area contributed by atoms with Crippen LogP contribution in [0, 0.1) is 0 Å². The van der Waals surface area contributed by atoms with Crippen molar-refractivity contribution in [3.05, 3.63) is 30.4 Å². The summed E-state index contributed by atoms with van der Waals surface area (Å²) in [6.45, 7) is 2.44. The molecule has 0 aliphatic heterocycles. The zero-order chi connectivity index (χ0) is 10.4. The molecule has 0 aliphatic rings. The number of hydrogen-bond donors (Lipinski definition) is 1. The Balaban J connectivity index is 2.29. The minimum Gasteiger partial charge on any atom is -0.352 e. The van der Waals surface area contributed by atoms with Crippen molar-refractivity contribution >= 4 is 5.91 Å². The molecule has 1 rings (SSSR count). The van der Waals surface area contributed by atoms with Gasteiger partial charge in [-0.1, -0.05) is 6.08 Å². The molecule has 0 saturated carbocycles. The minimum atomic E-state index is -0.0540. The Hall–Kier alpha value is -1.58. The Bertz CT molecular complexity index is 328. The van der Waals surface area contributed by atoms with Crippen molar-refractivity contribution in [2.45, 2.75) is 13.3 Å². The van der Waals surface area contributed by atoms with Gasteiger partial charge in [0.1, 0.15) is 5.82 Å². The summed E-state index contributed by atoms with van der Waals surface area (Å²) in [6, 6.07) is 0. The van der Waals surface area contributed by atoms with Crippen molar-refractivity contribution in [1.29, 1.82) is 0 Å². The summed E-state index contributed by atoms with van der Waals surface area (Å²) in [7, 11) is 1.94. The first-order valence-corrected chi connectivity index (χ1v) is 4.60. The number of aromatic nitrogens is 2. The second kappa shape index (κ2) is 5.21. The molecule has 1 heterocycles. The van der Waals surface area contributed by atoms with Crippen LogP contribution in [0.3, 0.4) is 0 Å². The van der Waals surface area contributed by atoms with Crippen molar-refractivity contribution in [2.75, 3.05) is 6.54 Å². The van der Waals surface area contributed by atoms with E-state index in [1.165, 1.54) is 6.08 Å². The van der Waals surface area contributed by atoms with Gasteiger partial charge in [0.15, 0.2) is 0 Å². The zero-order valence-electron chi connectivity index (χ0n) is 8.53. The second-order valence-electron chi connectivity index (χ2n) is 3.00. The number of aryl methyl sites for hydroxylation is 1. The molecular formula is C10H15N3O. The first-order valence-electron chi connectivity index (χ1n) is 4.60. The topological polar surface area (TPSA) is 46.9 Å². The smallest absolute Gasteiger partial charge is 0.243 e. The molecule has 0 aromatic carbocycles. The van der Waals surface area contributed by atoms with Crippen molar-refractivity contribution in [3.8, 4) is 0 Å². The lowest BCUT2D eigenvalue weighted by Crippen LogP contribution is -2.24. The van der Waals surface area contributed by atoms with Gasteiger partial charge in [-0.05, 0) is 13.0 Å². The van der Waals surface area contributed by atoms with E-state index in [1.807, 2.05) is 24.7 Å². The molecule has 0 fully saturated rings. The molecule has 1 aromatic rings. The van der Waals surface area contributed by atoms with E-state index >= 15 is 0 Å². The van der Waals surface area contributed by atoms with E-state index in [9.17, 15) is 4.79 Å². The van der Waals surface area contributed by atoms with Crippen LogP contribution < -0.4 is 5.32 Å². The Morgan fingerprint density at radius 2 is 2.50 bits per heavy atom. The fourth-order valence-corrected chi connectivity index (χ4v) is 1.15. The summed E-state index contributed by atoms with van der Waals surface area (Å²) in [5, 5.41) is 2.77. The molecule has 4 nitrogen and oxygen atoms in total. The molecule has 0 spiro atoms. The molecule has 1 N–H and O–H groups in total. The lowest BCUT2D eigenvalue weighted by Gasteiger charge is -2.02. The van der Waals surface area contributed by atoms with E-state index in [2.05, 4.69) is 10.3 Å². The molecule has 0 bridgehead atoms. The summed E-state index contributed by atoms with van der Waals surface area (Å²) in [4.78, 5) is 15.2. The van der Waals surface area contributed by atoms with Crippen LogP contribution in [-0.2, 0) is 18.3 Å². The Labute approximate surface area is 83.6 Å². The molecule has 76 valence electrons. The highest BCUT2D eigenvalue weighted by atomic mass is 16.1. The van der Waals surface area contributed by atoms with Gasteiger partial charge in [0.2, 0.25) is 5.91 Å². The molecule has 1 amide bonds. The number of imidazole rings is 1. The zero-order valence-corrected chi connectivity index (χ0v) is 8.53. The highest BCUT2D eigenvalue weighted by Crippen LogP contribution is 1.93. The number of hydrogen-bond acceptors (Lipinski definition) is 2. The van der Waals surface area contributed by atoms with Gasteiger partial charge in [-0.15, -0.1) is 0 Å². The summed E-state index contributed by atoms with van der Waals surface area (Å²) >= 11 is 0. The van der Waals surface area contributed by atoms with E-state index in [4.69, 9.17) is 0 Å². The van der Waals surface area contributed by atoms with Gasteiger partial charge in [0, 0.05) is 32.4 Å². The average Bonchev–Trinajstić information content (AvgIpc) is 2.52. The Morgan fingerprint density at radius 1 is 1.71 bits per heavy atom. The van der Waals surface area contributed by atoms with Gasteiger partial charge in [0.25, 0.3) is 0 Å². The number of rotatable bonds is 4. The van der Waals surface area contributed by atoms with Gasteiger partial charge < -0.3 is 9.88 Å². The first-order chi connectivity index (χ1) is 6.74. The third kappa shape index (κ3) is 3.05. The standard InChI is InChI=1S/C10H15N3O/c1-3-4-10(14)12-6-5-9-11-7-8-13(9)2/h3-4,7-8H,5-6H2,1-2H3,(H,12,14). The molecule has 0 unspecified atom stereocenters. The average molecular weight is 193 g/mol. The maximum absolute atomic E-state index is 11.0. The molecule has 14 heavy (non-hydrogen) atoms. The van der Waals surface area contributed by atoms with E-state index < -0.39 is 0 Å².